The predicted molar refractivity (Wildman–Crippen MR) is 80.2 cm³/mol. The molecule has 0 spiro atoms. The van der Waals surface area contributed by atoms with Crippen LogP contribution in [0.3, 0.4) is 0 Å². The minimum Gasteiger partial charge on any atom is -0.357 e. The summed E-state index contributed by atoms with van der Waals surface area (Å²) in [5.74, 6) is 0.799. The predicted octanol–water partition coefficient (Wildman–Crippen LogP) is 2.83. The van der Waals surface area contributed by atoms with E-state index >= 15 is 0 Å². The van der Waals surface area contributed by atoms with Crippen LogP contribution in [0.15, 0.2) is 6.20 Å². The standard InChI is InChI=1S/C13H23N5O2/c1-5-7-8-17(10(3)6-2)12-11(18(19)20)9-15-13(14-4)16-12/h9-10H,5-8H2,1-4H3,(H,14,15,16). The van der Waals surface area contributed by atoms with Crippen molar-refractivity contribution in [2.75, 3.05) is 23.8 Å². The molecule has 0 aliphatic carbocycles. The van der Waals surface area contributed by atoms with Gasteiger partial charge in [0.1, 0.15) is 6.20 Å². The Bertz CT molecular complexity index is 452. The molecular formula is C13H23N5O2. The Morgan fingerprint density at radius 2 is 2.20 bits per heavy atom. The average molecular weight is 281 g/mol. The van der Waals surface area contributed by atoms with E-state index in [1.807, 2.05) is 4.90 Å². The summed E-state index contributed by atoms with van der Waals surface area (Å²) in [5.41, 5.74) is -0.0413. The summed E-state index contributed by atoms with van der Waals surface area (Å²) < 4.78 is 0. The van der Waals surface area contributed by atoms with Crippen LogP contribution in [0, 0.1) is 10.1 Å². The van der Waals surface area contributed by atoms with Crippen molar-refractivity contribution in [3.63, 3.8) is 0 Å². The number of hydrogen-bond acceptors (Lipinski definition) is 6. The summed E-state index contributed by atoms with van der Waals surface area (Å²) >= 11 is 0. The SMILES string of the molecule is CCCCN(c1nc(NC)ncc1[N+](=O)[O-])C(C)CC. The van der Waals surface area contributed by atoms with E-state index in [1.54, 1.807) is 7.05 Å². The molecule has 0 bridgehead atoms. The molecule has 0 radical (unpaired) electrons. The molecule has 1 heterocycles. The molecule has 0 aliphatic heterocycles. The van der Waals surface area contributed by atoms with E-state index in [1.165, 1.54) is 6.20 Å². The molecule has 1 aromatic heterocycles. The van der Waals surface area contributed by atoms with Gasteiger partial charge in [0.15, 0.2) is 0 Å². The third-order valence-electron chi connectivity index (χ3n) is 3.32. The molecule has 1 atom stereocenters. The van der Waals surface area contributed by atoms with Crippen LogP contribution < -0.4 is 10.2 Å². The zero-order valence-electron chi connectivity index (χ0n) is 12.6. The van der Waals surface area contributed by atoms with Crippen LogP contribution in [0.1, 0.15) is 40.0 Å². The molecule has 112 valence electrons. The number of aromatic nitrogens is 2. The molecule has 1 rings (SSSR count). The van der Waals surface area contributed by atoms with Gasteiger partial charge in [-0.15, -0.1) is 0 Å². The number of nitrogens with zero attached hydrogens (tertiary/aromatic N) is 4. The van der Waals surface area contributed by atoms with Crippen molar-refractivity contribution in [3.05, 3.63) is 16.3 Å². The molecule has 0 aliphatic rings. The summed E-state index contributed by atoms with van der Waals surface area (Å²) in [4.78, 5) is 21.0. The minimum atomic E-state index is -0.421. The maximum absolute atomic E-state index is 11.2. The molecular weight excluding hydrogens is 258 g/mol. The topological polar surface area (TPSA) is 84.2 Å². The Morgan fingerprint density at radius 1 is 1.50 bits per heavy atom. The molecule has 0 saturated carbocycles. The van der Waals surface area contributed by atoms with Crippen molar-refractivity contribution in [3.8, 4) is 0 Å². The van der Waals surface area contributed by atoms with Gasteiger partial charge in [-0.2, -0.15) is 4.98 Å². The molecule has 20 heavy (non-hydrogen) atoms. The van der Waals surface area contributed by atoms with E-state index in [0.29, 0.717) is 11.8 Å². The van der Waals surface area contributed by atoms with Gasteiger partial charge < -0.3 is 10.2 Å². The first kappa shape index (κ1) is 16.1. The molecule has 1 aromatic rings. The number of hydrogen-bond donors (Lipinski definition) is 1. The zero-order chi connectivity index (χ0) is 15.1. The second-order valence-electron chi connectivity index (χ2n) is 4.71. The second-order valence-corrected chi connectivity index (χ2v) is 4.71. The van der Waals surface area contributed by atoms with Gasteiger partial charge in [0.25, 0.3) is 0 Å². The first-order valence-electron chi connectivity index (χ1n) is 7.00. The third kappa shape index (κ3) is 3.79. The number of nitro groups is 1. The molecule has 0 amide bonds. The van der Waals surface area contributed by atoms with Crippen molar-refractivity contribution >= 4 is 17.5 Å². The number of rotatable bonds is 8. The Balaban J connectivity index is 3.23. The lowest BCUT2D eigenvalue weighted by Gasteiger charge is -2.29. The first-order valence-corrected chi connectivity index (χ1v) is 7.00. The number of anilines is 2. The van der Waals surface area contributed by atoms with Crippen molar-refractivity contribution in [2.45, 2.75) is 46.1 Å². The monoisotopic (exact) mass is 281 g/mol. The Kier molecular flexibility index (Phi) is 6.14. The third-order valence-corrected chi connectivity index (χ3v) is 3.32. The van der Waals surface area contributed by atoms with E-state index in [2.05, 4.69) is 36.1 Å². The van der Waals surface area contributed by atoms with Crippen molar-refractivity contribution in [1.29, 1.82) is 0 Å². The van der Waals surface area contributed by atoms with Gasteiger partial charge in [-0.3, -0.25) is 10.1 Å². The molecule has 0 saturated heterocycles. The molecule has 1 N–H and O–H groups in total. The fraction of sp³-hybridized carbons (Fsp3) is 0.692. The van der Waals surface area contributed by atoms with Crippen LogP contribution >= 0.6 is 0 Å². The lowest BCUT2D eigenvalue weighted by atomic mass is 10.2. The van der Waals surface area contributed by atoms with Crippen LogP contribution in [0.2, 0.25) is 0 Å². The van der Waals surface area contributed by atoms with Crippen LogP contribution in [-0.4, -0.2) is 34.5 Å². The maximum Gasteiger partial charge on any atom is 0.329 e. The van der Waals surface area contributed by atoms with E-state index in [-0.39, 0.29) is 11.7 Å². The van der Waals surface area contributed by atoms with Gasteiger partial charge in [-0.05, 0) is 19.8 Å². The fourth-order valence-electron chi connectivity index (χ4n) is 1.91. The Hall–Kier alpha value is -1.92. The van der Waals surface area contributed by atoms with E-state index in [9.17, 15) is 10.1 Å². The largest absolute Gasteiger partial charge is 0.357 e. The summed E-state index contributed by atoms with van der Waals surface area (Å²) in [6, 6.07) is 0.194. The zero-order valence-corrected chi connectivity index (χ0v) is 12.6. The van der Waals surface area contributed by atoms with Crippen molar-refractivity contribution < 1.29 is 4.92 Å². The van der Waals surface area contributed by atoms with Crippen molar-refractivity contribution in [2.24, 2.45) is 0 Å². The molecule has 0 aromatic carbocycles. The molecule has 7 heteroatoms. The van der Waals surface area contributed by atoms with Gasteiger partial charge >= 0.3 is 5.69 Å². The van der Waals surface area contributed by atoms with Crippen molar-refractivity contribution in [1.82, 2.24) is 9.97 Å². The fourth-order valence-corrected chi connectivity index (χ4v) is 1.91. The summed E-state index contributed by atoms with van der Waals surface area (Å²) in [6.07, 6.45) is 4.18. The summed E-state index contributed by atoms with van der Waals surface area (Å²) in [7, 11) is 1.70. The van der Waals surface area contributed by atoms with Gasteiger partial charge in [-0.25, -0.2) is 4.98 Å². The maximum atomic E-state index is 11.2. The second kappa shape index (κ2) is 7.62. The van der Waals surface area contributed by atoms with Crippen LogP contribution in [0.25, 0.3) is 0 Å². The number of nitrogens with one attached hydrogen (secondary N) is 1. The highest BCUT2D eigenvalue weighted by Crippen LogP contribution is 2.28. The summed E-state index contributed by atoms with van der Waals surface area (Å²) in [5, 5.41) is 14.0. The van der Waals surface area contributed by atoms with Gasteiger partial charge in [0.2, 0.25) is 11.8 Å². The summed E-state index contributed by atoms with van der Waals surface area (Å²) in [6.45, 7) is 6.98. The average Bonchev–Trinajstić information content (AvgIpc) is 2.46. The Labute approximate surface area is 119 Å². The highest BCUT2D eigenvalue weighted by molar-refractivity contribution is 5.59. The van der Waals surface area contributed by atoms with Crippen LogP contribution in [0.5, 0.6) is 0 Å². The van der Waals surface area contributed by atoms with Gasteiger partial charge in [0, 0.05) is 19.6 Å². The number of unbranched alkanes of at least 4 members (excludes halogenated alkanes) is 1. The molecule has 7 nitrogen and oxygen atoms in total. The smallest absolute Gasteiger partial charge is 0.329 e. The Morgan fingerprint density at radius 3 is 2.70 bits per heavy atom. The highest BCUT2D eigenvalue weighted by atomic mass is 16.6. The minimum absolute atomic E-state index is 0.0413. The van der Waals surface area contributed by atoms with E-state index in [0.717, 1.165) is 25.8 Å². The van der Waals surface area contributed by atoms with E-state index < -0.39 is 4.92 Å². The normalized spacial score (nSPS) is 12.0. The lowest BCUT2D eigenvalue weighted by Crippen LogP contribution is -2.35. The van der Waals surface area contributed by atoms with E-state index in [4.69, 9.17) is 0 Å². The lowest BCUT2D eigenvalue weighted by molar-refractivity contribution is -0.384. The highest BCUT2D eigenvalue weighted by Gasteiger charge is 2.25. The molecule has 1 unspecified atom stereocenters. The van der Waals surface area contributed by atoms with Crippen LogP contribution in [-0.2, 0) is 0 Å². The molecule has 0 fully saturated rings. The van der Waals surface area contributed by atoms with Gasteiger partial charge in [0.05, 0.1) is 4.92 Å². The first-order chi connectivity index (χ1) is 9.54. The quantitative estimate of drug-likeness (QED) is 0.582. The van der Waals surface area contributed by atoms with Crippen LogP contribution in [0.4, 0.5) is 17.5 Å². The van der Waals surface area contributed by atoms with Gasteiger partial charge in [-0.1, -0.05) is 20.3 Å².